The van der Waals surface area contributed by atoms with Gasteiger partial charge < -0.3 is 10.3 Å². The van der Waals surface area contributed by atoms with Crippen molar-refractivity contribution in [2.75, 3.05) is 6.54 Å². The minimum Gasteiger partial charge on any atom is -0.356 e. The molecule has 106 valence electrons. The molecule has 0 spiro atoms. The molecule has 1 aromatic heterocycles. The fourth-order valence-corrected chi connectivity index (χ4v) is 2.14. The number of hydrogen-bond acceptors (Lipinski definition) is 2. The first-order valence-electron chi connectivity index (χ1n) is 6.96. The fourth-order valence-electron chi connectivity index (χ4n) is 2.14. The van der Waals surface area contributed by atoms with Gasteiger partial charge in [-0.25, -0.2) is 4.98 Å². The van der Waals surface area contributed by atoms with Crippen LogP contribution in [0.5, 0.6) is 0 Å². The molecule has 1 heterocycles. The Labute approximate surface area is 119 Å². The molecule has 0 saturated carbocycles. The summed E-state index contributed by atoms with van der Waals surface area (Å²) in [5, 5.41) is 2.96. The van der Waals surface area contributed by atoms with Crippen LogP contribution in [0.3, 0.4) is 0 Å². The summed E-state index contributed by atoms with van der Waals surface area (Å²) in [6.45, 7) is 4.77. The number of rotatable bonds is 6. The number of benzene rings is 1. The predicted octanol–water partition coefficient (Wildman–Crippen LogP) is 2.32. The zero-order valence-electron chi connectivity index (χ0n) is 12.1. The van der Waals surface area contributed by atoms with Crippen molar-refractivity contribution in [2.24, 2.45) is 0 Å². The van der Waals surface area contributed by atoms with Crippen LogP contribution in [0.25, 0.3) is 0 Å². The van der Waals surface area contributed by atoms with E-state index in [0.717, 1.165) is 24.2 Å². The van der Waals surface area contributed by atoms with E-state index in [2.05, 4.69) is 33.5 Å². The van der Waals surface area contributed by atoms with Gasteiger partial charge in [-0.05, 0) is 31.4 Å². The van der Waals surface area contributed by atoms with Crippen molar-refractivity contribution < 1.29 is 4.79 Å². The highest BCUT2D eigenvalue weighted by molar-refractivity contribution is 5.78. The molecule has 0 aliphatic rings. The lowest BCUT2D eigenvalue weighted by molar-refractivity contribution is -0.120. The molecule has 4 nitrogen and oxygen atoms in total. The van der Waals surface area contributed by atoms with E-state index >= 15 is 0 Å². The molecule has 2 aromatic rings. The van der Waals surface area contributed by atoms with Crippen LogP contribution in [-0.4, -0.2) is 22.4 Å². The third-order valence-corrected chi connectivity index (χ3v) is 3.32. The van der Waals surface area contributed by atoms with Gasteiger partial charge in [0.25, 0.3) is 0 Å². The van der Waals surface area contributed by atoms with Crippen LogP contribution in [0.2, 0.25) is 0 Å². The van der Waals surface area contributed by atoms with E-state index in [9.17, 15) is 4.79 Å². The van der Waals surface area contributed by atoms with Crippen LogP contribution in [0, 0.1) is 13.8 Å². The summed E-state index contributed by atoms with van der Waals surface area (Å²) in [4.78, 5) is 19.1. The topological polar surface area (TPSA) is 57.8 Å². The van der Waals surface area contributed by atoms with Crippen molar-refractivity contribution in [3.05, 3.63) is 53.1 Å². The molecule has 2 rings (SSSR count). The van der Waals surface area contributed by atoms with E-state index in [0.29, 0.717) is 13.0 Å². The molecule has 0 atom stereocenters. The second kappa shape index (κ2) is 6.89. The Bertz CT molecular complexity index is 561. The number of carbonyl (C=O) groups excluding carboxylic acids is 1. The molecule has 0 aliphatic heterocycles. The number of H-pyrrole nitrogens is 1. The Morgan fingerprint density at radius 1 is 1.35 bits per heavy atom. The van der Waals surface area contributed by atoms with Crippen LogP contribution in [-0.2, 0) is 17.6 Å². The van der Waals surface area contributed by atoms with Crippen LogP contribution in [0.1, 0.15) is 28.9 Å². The van der Waals surface area contributed by atoms with Crippen molar-refractivity contribution in [3.63, 3.8) is 0 Å². The normalized spacial score (nSPS) is 10.5. The average molecular weight is 271 g/mol. The van der Waals surface area contributed by atoms with Gasteiger partial charge in [-0.3, -0.25) is 4.79 Å². The number of aromatic amines is 1. The van der Waals surface area contributed by atoms with Crippen molar-refractivity contribution in [1.82, 2.24) is 15.3 Å². The third kappa shape index (κ3) is 4.23. The van der Waals surface area contributed by atoms with Crippen LogP contribution in [0.15, 0.2) is 30.6 Å². The van der Waals surface area contributed by atoms with Gasteiger partial charge in [-0.15, -0.1) is 0 Å². The first kappa shape index (κ1) is 14.3. The molecule has 0 saturated heterocycles. The molecular weight excluding hydrogens is 250 g/mol. The lowest BCUT2D eigenvalue weighted by Gasteiger charge is -2.08. The molecular formula is C16H21N3O. The Kier molecular flexibility index (Phi) is 4.93. The van der Waals surface area contributed by atoms with Gasteiger partial charge in [0.2, 0.25) is 5.91 Å². The van der Waals surface area contributed by atoms with Gasteiger partial charge in [0, 0.05) is 25.4 Å². The molecule has 0 bridgehead atoms. The Morgan fingerprint density at radius 2 is 2.20 bits per heavy atom. The SMILES string of the molecule is Cc1ccc(C)c(CC(=O)NCCCc2ncc[nH]2)c1. The summed E-state index contributed by atoms with van der Waals surface area (Å²) < 4.78 is 0. The van der Waals surface area contributed by atoms with E-state index in [1.165, 1.54) is 11.1 Å². The highest BCUT2D eigenvalue weighted by Gasteiger charge is 2.06. The van der Waals surface area contributed by atoms with E-state index in [1.54, 1.807) is 6.20 Å². The maximum Gasteiger partial charge on any atom is 0.224 e. The first-order chi connectivity index (χ1) is 9.65. The van der Waals surface area contributed by atoms with Crippen LogP contribution >= 0.6 is 0 Å². The van der Waals surface area contributed by atoms with E-state index in [4.69, 9.17) is 0 Å². The smallest absolute Gasteiger partial charge is 0.224 e. The molecule has 20 heavy (non-hydrogen) atoms. The molecule has 0 unspecified atom stereocenters. The molecule has 4 heteroatoms. The standard InChI is InChI=1S/C16H21N3O/c1-12-5-6-13(2)14(10-12)11-16(20)19-7-3-4-15-17-8-9-18-15/h5-6,8-10H,3-4,7,11H2,1-2H3,(H,17,18)(H,19,20). The highest BCUT2D eigenvalue weighted by Crippen LogP contribution is 2.11. The number of nitrogens with one attached hydrogen (secondary N) is 2. The average Bonchev–Trinajstić information content (AvgIpc) is 2.92. The molecule has 2 N–H and O–H groups in total. The molecule has 0 radical (unpaired) electrons. The molecule has 1 amide bonds. The third-order valence-electron chi connectivity index (χ3n) is 3.32. The summed E-state index contributed by atoms with van der Waals surface area (Å²) in [6.07, 6.45) is 5.76. The zero-order chi connectivity index (χ0) is 14.4. The van der Waals surface area contributed by atoms with Gasteiger partial charge in [-0.2, -0.15) is 0 Å². The summed E-state index contributed by atoms with van der Waals surface area (Å²) in [6, 6.07) is 6.21. The van der Waals surface area contributed by atoms with Crippen molar-refractivity contribution in [2.45, 2.75) is 33.1 Å². The second-order valence-electron chi connectivity index (χ2n) is 5.10. The number of hydrogen-bond donors (Lipinski definition) is 2. The number of imidazole rings is 1. The van der Waals surface area contributed by atoms with E-state index < -0.39 is 0 Å². The highest BCUT2D eigenvalue weighted by atomic mass is 16.1. The molecule has 0 aliphatic carbocycles. The maximum absolute atomic E-state index is 11.9. The Morgan fingerprint density at radius 3 is 2.95 bits per heavy atom. The summed E-state index contributed by atoms with van der Waals surface area (Å²) in [7, 11) is 0. The minimum atomic E-state index is 0.0816. The van der Waals surface area contributed by atoms with Crippen molar-refractivity contribution in [3.8, 4) is 0 Å². The fraction of sp³-hybridized carbons (Fsp3) is 0.375. The Balaban J connectivity index is 1.73. The summed E-state index contributed by atoms with van der Waals surface area (Å²) in [5.41, 5.74) is 3.46. The molecule has 0 fully saturated rings. The largest absolute Gasteiger partial charge is 0.356 e. The monoisotopic (exact) mass is 271 g/mol. The van der Waals surface area contributed by atoms with Gasteiger partial charge in [0.15, 0.2) is 0 Å². The summed E-state index contributed by atoms with van der Waals surface area (Å²) in [5.74, 6) is 1.05. The maximum atomic E-state index is 11.9. The van der Waals surface area contributed by atoms with Crippen molar-refractivity contribution in [1.29, 1.82) is 0 Å². The predicted molar refractivity (Wildman–Crippen MR) is 79.5 cm³/mol. The lowest BCUT2D eigenvalue weighted by atomic mass is 10.0. The van der Waals surface area contributed by atoms with Crippen LogP contribution in [0.4, 0.5) is 0 Å². The van der Waals surface area contributed by atoms with Gasteiger partial charge in [0.05, 0.1) is 6.42 Å². The van der Waals surface area contributed by atoms with Gasteiger partial charge in [0.1, 0.15) is 5.82 Å². The quantitative estimate of drug-likeness (QED) is 0.792. The van der Waals surface area contributed by atoms with Crippen LogP contribution < -0.4 is 5.32 Å². The number of aromatic nitrogens is 2. The first-order valence-corrected chi connectivity index (χ1v) is 6.96. The van der Waals surface area contributed by atoms with Gasteiger partial charge >= 0.3 is 0 Å². The number of aryl methyl sites for hydroxylation is 3. The summed E-state index contributed by atoms with van der Waals surface area (Å²) >= 11 is 0. The number of nitrogens with zero attached hydrogens (tertiary/aromatic N) is 1. The lowest BCUT2D eigenvalue weighted by Crippen LogP contribution is -2.26. The van der Waals surface area contributed by atoms with E-state index in [-0.39, 0.29) is 5.91 Å². The minimum absolute atomic E-state index is 0.0816. The van der Waals surface area contributed by atoms with Crippen molar-refractivity contribution >= 4 is 5.91 Å². The second-order valence-corrected chi connectivity index (χ2v) is 5.10. The Hall–Kier alpha value is -2.10. The van der Waals surface area contributed by atoms with Gasteiger partial charge in [-0.1, -0.05) is 23.8 Å². The van der Waals surface area contributed by atoms with E-state index in [1.807, 2.05) is 20.0 Å². The molecule has 1 aromatic carbocycles. The number of carbonyl (C=O) groups is 1. The zero-order valence-corrected chi connectivity index (χ0v) is 12.1. The number of amides is 1.